The van der Waals surface area contributed by atoms with Gasteiger partial charge in [-0.1, -0.05) is 18.2 Å². The molecule has 5 rings (SSSR count). The number of para-hydroxylation sites is 1. The fourth-order valence-corrected chi connectivity index (χ4v) is 4.36. The van der Waals surface area contributed by atoms with Gasteiger partial charge in [0.05, 0.1) is 0 Å². The predicted octanol–water partition coefficient (Wildman–Crippen LogP) is 6.50. The SMILES string of the molecule is Cc1cc(C)nc(NC(=NCCc2c[nH]c3ccc(F)cc23)NC(=S)Nc2ccc(Oc3ccccc3)cc2)n1. The zero-order valence-corrected chi connectivity index (χ0v) is 22.8. The second-order valence-electron chi connectivity index (χ2n) is 9.10. The highest BCUT2D eigenvalue weighted by molar-refractivity contribution is 7.80. The summed E-state index contributed by atoms with van der Waals surface area (Å²) in [4.78, 5) is 16.8. The van der Waals surface area contributed by atoms with E-state index in [1.807, 2.05) is 80.7 Å². The summed E-state index contributed by atoms with van der Waals surface area (Å²) in [5.41, 5.74) is 4.29. The van der Waals surface area contributed by atoms with E-state index in [0.717, 1.165) is 39.3 Å². The van der Waals surface area contributed by atoms with Crippen molar-refractivity contribution in [2.45, 2.75) is 20.3 Å². The van der Waals surface area contributed by atoms with E-state index >= 15 is 0 Å². The second-order valence-corrected chi connectivity index (χ2v) is 9.51. The maximum absolute atomic E-state index is 13.8. The Morgan fingerprint density at radius 3 is 2.40 bits per heavy atom. The van der Waals surface area contributed by atoms with Crippen molar-refractivity contribution in [2.75, 3.05) is 17.2 Å². The van der Waals surface area contributed by atoms with Crippen molar-refractivity contribution in [3.63, 3.8) is 0 Å². The molecule has 0 spiro atoms. The minimum Gasteiger partial charge on any atom is -0.457 e. The Hall–Kier alpha value is -4.83. The van der Waals surface area contributed by atoms with Gasteiger partial charge in [0.25, 0.3) is 0 Å². The Morgan fingerprint density at radius 1 is 0.925 bits per heavy atom. The lowest BCUT2D eigenvalue weighted by atomic mass is 10.1. The van der Waals surface area contributed by atoms with E-state index < -0.39 is 0 Å². The number of aryl methyl sites for hydroxylation is 2. The monoisotopic (exact) mass is 553 g/mol. The molecule has 0 aliphatic heterocycles. The summed E-state index contributed by atoms with van der Waals surface area (Å²) < 4.78 is 19.6. The number of rotatable bonds is 7. The van der Waals surface area contributed by atoms with Crippen LogP contribution in [-0.2, 0) is 6.42 Å². The third kappa shape index (κ3) is 7.17. The van der Waals surface area contributed by atoms with Crippen LogP contribution in [0.5, 0.6) is 11.5 Å². The molecule has 0 saturated carbocycles. The summed E-state index contributed by atoms with van der Waals surface area (Å²) in [6, 6.07) is 23.6. The average molecular weight is 554 g/mol. The lowest BCUT2D eigenvalue weighted by molar-refractivity contribution is 0.483. The minimum absolute atomic E-state index is 0.274. The zero-order chi connectivity index (χ0) is 27.9. The van der Waals surface area contributed by atoms with E-state index in [4.69, 9.17) is 17.0 Å². The van der Waals surface area contributed by atoms with Gasteiger partial charge in [-0.3, -0.25) is 10.3 Å². The third-order valence-electron chi connectivity index (χ3n) is 5.92. The van der Waals surface area contributed by atoms with Crippen LogP contribution < -0.4 is 20.7 Å². The van der Waals surface area contributed by atoms with Gasteiger partial charge in [-0.2, -0.15) is 0 Å². The van der Waals surface area contributed by atoms with Gasteiger partial charge in [0.2, 0.25) is 11.9 Å². The first-order chi connectivity index (χ1) is 19.4. The fourth-order valence-electron chi connectivity index (χ4n) is 4.14. The molecule has 2 aromatic heterocycles. The first-order valence-corrected chi connectivity index (χ1v) is 13.1. The number of halogens is 1. The zero-order valence-electron chi connectivity index (χ0n) is 22.0. The number of nitrogens with zero attached hydrogens (tertiary/aromatic N) is 3. The van der Waals surface area contributed by atoms with Gasteiger partial charge < -0.3 is 20.4 Å². The summed E-state index contributed by atoms with van der Waals surface area (Å²) in [6.45, 7) is 4.22. The molecule has 0 radical (unpaired) electrons. The van der Waals surface area contributed by atoms with Crippen molar-refractivity contribution < 1.29 is 9.13 Å². The Balaban J connectivity index is 1.27. The number of anilines is 2. The molecule has 3 aromatic carbocycles. The van der Waals surface area contributed by atoms with Crippen molar-refractivity contribution in [2.24, 2.45) is 4.99 Å². The first-order valence-electron chi connectivity index (χ1n) is 12.7. The normalized spacial score (nSPS) is 11.3. The van der Waals surface area contributed by atoms with Crippen molar-refractivity contribution >= 4 is 45.8 Å². The van der Waals surface area contributed by atoms with Crippen LogP contribution in [0.25, 0.3) is 10.9 Å². The van der Waals surface area contributed by atoms with E-state index in [2.05, 4.69) is 35.9 Å². The molecule has 5 aromatic rings. The lowest BCUT2D eigenvalue weighted by Crippen LogP contribution is -2.39. The number of nitrogens with one attached hydrogen (secondary N) is 4. The fraction of sp³-hybridized carbons (Fsp3) is 0.133. The first kappa shape index (κ1) is 26.8. The maximum atomic E-state index is 13.8. The summed E-state index contributed by atoms with van der Waals surface area (Å²) in [6.07, 6.45) is 2.47. The largest absolute Gasteiger partial charge is 0.457 e. The number of H-pyrrole nitrogens is 1. The van der Waals surface area contributed by atoms with Crippen molar-refractivity contribution in [3.8, 4) is 11.5 Å². The number of benzene rings is 3. The van der Waals surface area contributed by atoms with E-state index in [0.29, 0.717) is 35.7 Å². The number of thiocarbonyl (C=S) groups is 1. The molecule has 0 saturated heterocycles. The highest BCUT2D eigenvalue weighted by Crippen LogP contribution is 2.23. The van der Waals surface area contributed by atoms with Gasteiger partial charge in [0.15, 0.2) is 5.11 Å². The molecule has 0 aliphatic rings. The number of guanidine groups is 1. The Labute approximate surface area is 236 Å². The van der Waals surface area contributed by atoms with Gasteiger partial charge in [0.1, 0.15) is 17.3 Å². The van der Waals surface area contributed by atoms with Crippen LogP contribution in [0.15, 0.2) is 90.1 Å². The number of hydrogen-bond donors (Lipinski definition) is 4. The van der Waals surface area contributed by atoms with Crippen LogP contribution in [0.4, 0.5) is 16.0 Å². The van der Waals surface area contributed by atoms with E-state index in [1.54, 1.807) is 6.07 Å². The number of fused-ring (bicyclic) bond motifs is 1. The van der Waals surface area contributed by atoms with Crippen LogP contribution in [0.1, 0.15) is 17.0 Å². The van der Waals surface area contributed by atoms with E-state index in [-0.39, 0.29) is 5.82 Å². The maximum Gasteiger partial charge on any atom is 0.229 e. The lowest BCUT2D eigenvalue weighted by Gasteiger charge is -2.15. The minimum atomic E-state index is -0.274. The molecule has 0 bridgehead atoms. The summed E-state index contributed by atoms with van der Waals surface area (Å²) in [7, 11) is 0. The van der Waals surface area contributed by atoms with Gasteiger partial charge >= 0.3 is 0 Å². The molecule has 10 heteroatoms. The molecular formula is C30H28FN7OS. The molecule has 40 heavy (non-hydrogen) atoms. The van der Waals surface area contributed by atoms with Crippen molar-refractivity contribution in [1.29, 1.82) is 0 Å². The molecule has 0 aliphatic carbocycles. The highest BCUT2D eigenvalue weighted by atomic mass is 32.1. The number of aromatic amines is 1. The van der Waals surface area contributed by atoms with E-state index in [9.17, 15) is 4.39 Å². The smallest absolute Gasteiger partial charge is 0.229 e. The molecule has 4 N–H and O–H groups in total. The molecule has 0 atom stereocenters. The Bertz CT molecular complexity index is 1630. The van der Waals surface area contributed by atoms with Crippen LogP contribution >= 0.6 is 12.2 Å². The van der Waals surface area contributed by atoms with Crippen molar-refractivity contribution in [3.05, 3.63) is 108 Å². The number of ether oxygens (including phenoxy) is 1. The van der Waals surface area contributed by atoms with Gasteiger partial charge in [0, 0.05) is 40.7 Å². The topological polar surface area (TPSA) is 99.2 Å². The Kier molecular flexibility index (Phi) is 8.26. The van der Waals surface area contributed by atoms with Crippen molar-refractivity contribution in [1.82, 2.24) is 20.3 Å². The highest BCUT2D eigenvalue weighted by Gasteiger charge is 2.09. The molecule has 8 nitrogen and oxygen atoms in total. The molecular weight excluding hydrogens is 525 g/mol. The van der Waals surface area contributed by atoms with Gasteiger partial charge in [-0.25, -0.2) is 14.4 Å². The predicted molar refractivity (Wildman–Crippen MR) is 162 cm³/mol. The summed E-state index contributed by atoms with van der Waals surface area (Å²) in [5.74, 6) is 1.99. The van der Waals surface area contributed by atoms with Gasteiger partial charge in [-0.15, -0.1) is 0 Å². The molecule has 0 fully saturated rings. The summed E-state index contributed by atoms with van der Waals surface area (Å²) >= 11 is 5.56. The third-order valence-corrected chi connectivity index (χ3v) is 6.12. The van der Waals surface area contributed by atoms with Gasteiger partial charge in [-0.05, 0) is 98.7 Å². The van der Waals surface area contributed by atoms with Crippen LogP contribution in [0, 0.1) is 19.7 Å². The quantitative estimate of drug-likeness (QED) is 0.104. The molecule has 0 unspecified atom stereocenters. The van der Waals surface area contributed by atoms with Crippen LogP contribution in [0.3, 0.4) is 0 Å². The van der Waals surface area contributed by atoms with Crippen LogP contribution in [-0.4, -0.2) is 32.6 Å². The number of aliphatic imine (C=N–C) groups is 1. The Morgan fingerprint density at radius 2 is 1.65 bits per heavy atom. The standard InChI is InChI=1S/C30H28FN7OS/c1-19-16-20(2)35-29(34-19)37-28(32-15-14-21-18-33-27-13-8-22(31)17-26(21)27)38-30(40)36-23-9-11-25(12-10-23)39-24-6-4-3-5-7-24/h3-13,16-18,33H,14-15H2,1-2H3,(H3,32,34,35,36,37,38,40). The second kappa shape index (κ2) is 12.4. The molecule has 2 heterocycles. The number of hydrogen-bond acceptors (Lipinski definition) is 5. The summed E-state index contributed by atoms with van der Waals surface area (Å²) in [5, 5.41) is 10.6. The molecule has 0 amide bonds. The number of aromatic nitrogens is 3. The molecule has 202 valence electrons. The van der Waals surface area contributed by atoms with Crippen LogP contribution in [0.2, 0.25) is 0 Å². The van der Waals surface area contributed by atoms with E-state index in [1.165, 1.54) is 12.1 Å². The average Bonchev–Trinajstić information content (AvgIpc) is 3.31.